The molecule has 5 heteroatoms. The summed E-state index contributed by atoms with van der Waals surface area (Å²) in [4.78, 5) is 6.91. The third-order valence-electron chi connectivity index (χ3n) is 4.13. The number of aryl methyl sites for hydroxylation is 1. The van der Waals surface area contributed by atoms with E-state index in [0.717, 1.165) is 45.0 Å². The number of methoxy groups -OCH3 is 1. The van der Waals surface area contributed by atoms with E-state index in [9.17, 15) is 5.11 Å². The number of ether oxygens (including phenoxy) is 1. The predicted octanol–water partition coefficient (Wildman–Crippen LogP) is 1.33. The fourth-order valence-corrected chi connectivity index (χ4v) is 2.83. The zero-order valence-electron chi connectivity index (χ0n) is 13.3. The van der Waals surface area contributed by atoms with Crippen LogP contribution in [0, 0.1) is 12.8 Å². The number of nitrogens with zero attached hydrogens (tertiary/aromatic N) is 2. The maximum absolute atomic E-state index is 9.71. The Morgan fingerprint density at radius 2 is 2.38 bits per heavy atom. The number of pyridine rings is 1. The second-order valence-electron chi connectivity index (χ2n) is 5.89. The monoisotopic (exact) mass is 293 g/mol. The van der Waals surface area contributed by atoms with E-state index in [1.165, 1.54) is 11.1 Å². The molecule has 118 valence electrons. The van der Waals surface area contributed by atoms with Crippen LogP contribution in [0.3, 0.4) is 0 Å². The van der Waals surface area contributed by atoms with Gasteiger partial charge in [-0.05, 0) is 37.5 Å². The van der Waals surface area contributed by atoms with Gasteiger partial charge in [-0.15, -0.1) is 0 Å². The van der Waals surface area contributed by atoms with Crippen LogP contribution in [0.25, 0.3) is 0 Å². The lowest BCUT2D eigenvalue weighted by molar-refractivity contribution is 0.136. The lowest BCUT2D eigenvalue weighted by atomic mass is 10.0. The molecule has 1 aliphatic heterocycles. The Bertz CT molecular complexity index is 451. The molecule has 2 unspecified atom stereocenters. The Morgan fingerprint density at radius 1 is 1.57 bits per heavy atom. The lowest BCUT2D eigenvalue weighted by Crippen LogP contribution is -2.25. The van der Waals surface area contributed by atoms with Crippen molar-refractivity contribution in [3.63, 3.8) is 0 Å². The summed E-state index contributed by atoms with van der Waals surface area (Å²) >= 11 is 0. The molecule has 0 aromatic carbocycles. The van der Waals surface area contributed by atoms with Crippen LogP contribution < -0.4 is 10.2 Å². The number of anilines is 1. The number of aliphatic hydroxyl groups is 1. The molecule has 1 fully saturated rings. The van der Waals surface area contributed by atoms with E-state index in [4.69, 9.17) is 4.74 Å². The minimum Gasteiger partial charge on any atom is -0.393 e. The highest BCUT2D eigenvalue weighted by Gasteiger charge is 2.27. The van der Waals surface area contributed by atoms with Crippen LogP contribution in [0.5, 0.6) is 0 Å². The highest BCUT2D eigenvalue weighted by molar-refractivity contribution is 5.48. The quantitative estimate of drug-likeness (QED) is 0.743. The van der Waals surface area contributed by atoms with Crippen molar-refractivity contribution in [1.82, 2.24) is 10.3 Å². The lowest BCUT2D eigenvalue weighted by Gasteiger charge is -2.21. The van der Waals surface area contributed by atoms with Crippen LogP contribution in [-0.4, -0.2) is 49.5 Å². The average molecular weight is 293 g/mol. The van der Waals surface area contributed by atoms with Gasteiger partial charge < -0.3 is 20.1 Å². The number of hydrogen-bond donors (Lipinski definition) is 2. The molecule has 2 N–H and O–H groups in total. The molecule has 21 heavy (non-hydrogen) atoms. The summed E-state index contributed by atoms with van der Waals surface area (Å²) in [7, 11) is 1.71. The smallest absolute Gasteiger partial charge is 0.131 e. The molecule has 1 aromatic heterocycles. The van der Waals surface area contributed by atoms with Crippen LogP contribution in [0.1, 0.15) is 24.5 Å². The molecule has 1 aromatic rings. The number of rotatable bonds is 7. The van der Waals surface area contributed by atoms with Crippen molar-refractivity contribution < 1.29 is 9.84 Å². The van der Waals surface area contributed by atoms with Gasteiger partial charge in [0, 0.05) is 45.4 Å². The predicted molar refractivity (Wildman–Crippen MR) is 84.6 cm³/mol. The number of nitrogens with one attached hydrogen (secondary N) is 1. The zero-order valence-corrected chi connectivity index (χ0v) is 13.3. The first-order valence-electron chi connectivity index (χ1n) is 7.70. The van der Waals surface area contributed by atoms with E-state index in [-0.39, 0.29) is 6.10 Å². The Morgan fingerprint density at radius 3 is 3.00 bits per heavy atom. The van der Waals surface area contributed by atoms with Crippen molar-refractivity contribution in [3.05, 3.63) is 23.4 Å². The SMILES string of the molecule is COCCNCc1cnc(N2CCC(C(C)O)C2)c(C)c1. The summed E-state index contributed by atoms with van der Waals surface area (Å²) in [6.07, 6.45) is 2.75. The van der Waals surface area contributed by atoms with Gasteiger partial charge >= 0.3 is 0 Å². The Labute approximate surface area is 127 Å². The molecule has 2 atom stereocenters. The third kappa shape index (κ3) is 4.40. The first-order chi connectivity index (χ1) is 10.1. The maximum Gasteiger partial charge on any atom is 0.131 e. The molecular formula is C16H27N3O2. The van der Waals surface area contributed by atoms with Gasteiger partial charge in [-0.25, -0.2) is 4.98 Å². The molecule has 0 aliphatic carbocycles. The van der Waals surface area contributed by atoms with Crippen molar-refractivity contribution in [2.75, 3.05) is 38.3 Å². The summed E-state index contributed by atoms with van der Waals surface area (Å²) in [5.41, 5.74) is 2.39. The normalized spacial score (nSPS) is 20.0. The largest absolute Gasteiger partial charge is 0.393 e. The first kappa shape index (κ1) is 16.2. The summed E-state index contributed by atoms with van der Waals surface area (Å²) < 4.78 is 5.01. The zero-order chi connectivity index (χ0) is 15.2. The van der Waals surface area contributed by atoms with E-state index in [0.29, 0.717) is 5.92 Å². The van der Waals surface area contributed by atoms with Crippen LogP contribution in [-0.2, 0) is 11.3 Å². The minimum absolute atomic E-state index is 0.237. The van der Waals surface area contributed by atoms with E-state index < -0.39 is 0 Å². The van der Waals surface area contributed by atoms with Gasteiger partial charge in [-0.1, -0.05) is 0 Å². The third-order valence-corrected chi connectivity index (χ3v) is 4.13. The summed E-state index contributed by atoms with van der Waals surface area (Å²) in [6.45, 7) is 8.25. The van der Waals surface area contributed by atoms with Crippen LogP contribution >= 0.6 is 0 Å². The van der Waals surface area contributed by atoms with Gasteiger partial charge in [0.05, 0.1) is 12.7 Å². The molecule has 2 rings (SSSR count). The summed E-state index contributed by atoms with van der Waals surface area (Å²) in [5, 5.41) is 13.0. The Kier molecular flexibility index (Phi) is 5.96. The molecule has 0 amide bonds. The van der Waals surface area contributed by atoms with E-state index >= 15 is 0 Å². The van der Waals surface area contributed by atoms with Crippen molar-refractivity contribution in [2.24, 2.45) is 5.92 Å². The van der Waals surface area contributed by atoms with Crippen LogP contribution in [0.15, 0.2) is 12.3 Å². The van der Waals surface area contributed by atoms with Gasteiger partial charge in [0.2, 0.25) is 0 Å². The minimum atomic E-state index is -0.237. The second-order valence-corrected chi connectivity index (χ2v) is 5.89. The number of aliphatic hydroxyl groups excluding tert-OH is 1. The van der Waals surface area contributed by atoms with Crippen LogP contribution in [0.4, 0.5) is 5.82 Å². The summed E-state index contributed by atoms with van der Waals surface area (Å²) in [5.74, 6) is 1.42. The molecule has 0 bridgehead atoms. The van der Waals surface area contributed by atoms with Crippen molar-refractivity contribution >= 4 is 5.82 Å². The molecule has 1 saturated heterocycles. The number of hydrogen-bond acceptors (Lipinski definition) is 5. The van der Waals surface area contributed by atoms with E-state index in [1.54, 1.807) is 7.11 Å². The van der Waals surface area contributed by atoms with Gasteiger partial charge in [0.15, 0.2) is 0 Å². The average Bonchev–Trinajstić information content (AvgIpc) is 2.93. The van der Waals surface area contributed by atoms with Gasteiger partial charge in [0.1, 0.15) is 5.82 Å². The van der Waals surface area contributed by atoms with E-state index in [1.807, 2.05) is 13.1 Å². The van der Waals surface area contributed by atoms with Gasteiger partial charge in [-0.3, -0.25) is 0 Å². The van der Waals surface area contributed by atoms with Gasteiger partial charge in [0.25, 0.3) is 0 Å². The highest BCUT2D eigenvalue weighted by Crippen LogP contribution is 2.26. The summed E-state index contributed by atoms with van der Waals surface area (Å²) in [6, 6.07) is 2.19. The highest BCUT2D eigenvalue weighted by atomic mass is 16.5. The first-order valence-corrected chi connectivity index (χ1v) is 7.70. The molecule has 5 nitrogen and oxygen atoms in total. The molecule has 0 radical (unpaired) electrons. The molecule has 0 spiro atoms. The number of aromatic nitrogens is 1. The Balaban J connectivity index is 1.93. The van der Waals surface area contributed by atoms with E-state index in [2.05, 4.69) is 28.2 Å². The van der Waals surface area contributed by atoms with Crippen molar-refractivity contribution in [2.45, 2.75) is 32.9 Å². The van der Waals surface area contributed by atoms with Crippen molar-refractivity contribution in [3.8, 4) is 0 Å². The Hall–Kier alpha value is -1.17. The fraction of sp³-hybridized carbons (Fsp3) is 0.688. The van der Waals surface area contributed by atoms with Gasteiger partial charge in [-0.2, -0.15) is 0 Å². The fourth-order valence-electron chi connectivity index (χ4n) is 2.83. The molecule has 2 heterocycles. The van der Waals surface area contributed by atoms with Crippen LogP contribution in [0.2, 0.25) is 0 Å². The molecule has 0 saturated carbocycles. The standard InChI is InChI=1S/C16H27N3O2/c1-12-8-14(9-17-5-7-21-3)10-18-16(12)19-6-4-15(11-19)13(2)20/h8,10,13,15,17,20H,4-7,9,11H2,1-3H3. The molecule has 1 aliphatic rings. The molecular weight excluding hydrogens is 266 g/mol. The maximum atomic E-state index is 9.71. The topological polar surface area (TPSA) is 57.6 Å². The second kappa shape index (κ2) is 7.73. The van der Waals surface area contributed by atoms with Crippen molar-refractivity contribution in [1.29, 1.82) is 0 Å².